The second kappa shape index (κ2) is 15.6. The van der Waals surface area contributed by atoms with Crippen molar-refractivity contribution in [2.75, 3.05) is 26.2 Å². The predicted molar refractivity (Wildman–Crippen MR) is 192 cm³/mol. The summed E-state index contributed by atoms with van der Waals surface area (Å²) in [6.07, 6.45) is -1.05. The molecule has 4 aromatic rings. The Balaban J connectivity index is 1.36. The standard InChI is InChI=1S/C37H48N6O6S/c1-25(2)22-42(50(48,49)29-17-15-28(44)16-18-29)23-33(45)31(21-27-11-7-6-8-12-27)39-36(46)35(26(3)4)43-20-19-41(37(43)47)24-34-38-30-13-9-10-14-32(30)40(34)5/h6-18,25-26,31,33,35,44-45H,19-24H2,1-5H3,(H,39,46)/t31-,33+,35-/m0/s1. The van der Waals surface area contributed by atoms with E-state index in [0.29, 0.717) is 19.6 Å². The molecule has 3 aromatic carbocycles. The molecular formula is C37H48N6O6S. The molecule has 1 aliphatic rings. The molecule has 0 unspecified atom stereocenters. The van der Waals surface area contributed by atoms with E-state index in [1.54, 1.807) is 9.80 Å². The molecule has 2 heterocycles. The summed E-state index contributed by atoms with van der Waals surface area (Å²) in [4.78, 5) is 35.9. The fourth-order valence-electron chi connectivity index (χ4n) is 6.52. The molecular weight excluding hydrogens is 657 g/mol. The number of aromatic nitrogens is 2. The zero-order valence-corrected chi connectivity index (χ0v) is 30.1. The van der Waals surface area contributed by atoms with E-state index >= 15 is 0 Å². The van der Waals surface area contributed by atoms with Crippen LogP contribution in [0.5, 0.6) is 5.75 Å². The fraction of sp³-hybridized carbons (Fsp3) is 0.432. The van der Waals surface area contributed by atoms with Crippen molar-refractivity contribution < 1.29 is 28.2 Å². The van der Waals surface area contributed by atoms with Crippen LogP contribution < -0.4 is 5.32 Å². The van der Waals surface area contributed by atoms with E-state index in [1.165, 1.54) is 28.6 Å². The van der Waals surface area contributed by atoms with Gasteiger partial charge in [-0.2, -0.15) is 4.31 Å². The number of carbonyl (C=O) groups is 2. The molecule has 50 heavy (non-hydrogen) atoms. The molecule has 0 spiro atoms. The number of aliphatic hydroxyl groups is 1. The number of fused-ring (bicyclic) bond motifs is 1. The Bertz CT molecular complexity index is 1880. The van der Waals surface area contributed by atoms with Crippen molar-refractivity contribution >= 4 is 33.0 Å². The number of hydrogen-bond acceptors (Lipinski definition) is 7. The van der Waals surface area contributed by atoms with Crippen molar-refractivity contribution in [1.29, 1.82) is 0 Å². The number of benzene rings is 3. The maximum atomic E-state index is 14.2. The lowest BCUT2D eigenvalue weighted by atomic mass is 9.97. The van der Waals surface area contributed by atoms with Gasteiger partial charge in [-0.25, -0.2) is 18.2 Å². The molecule has 5 rings (SSSR count). The molecule has 1 aliphatic heterocycles. The largest absolute Gasteiger partial charge is 0.508 e. The smallest absolute Gasteiger partial charge is 0.321 e. The quantitative estimate of drug-likeness (QED) is 0.170. The van der Waals surface area contributed by atoms with Gasteiger partial charge in [-0.15, -0.1) is 0 Å². The van der Waals surface area contributed by atoms with Crippen LogP contribution in [0, 0.1) is 11.8 Å². The number of hydrogen-bond donors (Lipinski definition) is 3. The van der Waals surface area contributed by atoms with Gasteiger partial charge >= 0.3 is 6.03 Å². The zero-order chi connectivity index (χ0) is 36.2. The van der Waals surface area contributed by atoms with Crippen LogP contribution in [0.1, 0.15) is 39.1 Å². The number of aromatic hydroxyl groups is 1. The molecule has 268 valence electrons. The first-order chi connectivity index (χ1) is 23.8. The summed E-state index contributed by atoms with van der Waals surface area (Å²) in [5, 5.41) is 24.5. The Hall–Kier alpha value is -4.46. The number of carbonyl (C=O) groups excluding carboxylic acids is 2. The van der Waals surface area contributed by atoms with Gasteiger partial charge in [-0.05, 0) is 60.2 Å². The van der Waals surface area contributed by atoms with E-state index in [4.69, 9.17) is 4.98 Å². The van der Waals surface area contributed by atoms with Gasteiger partial charge in [0.25, 0.3) is 0 Å². The summed E-state index contributed by atoms with van der Waals surface area (Å²) in [5.74, 6) is -0.0539. The van der Waals surface area contributed by atoms with Crippen LogP contribution in [-0.2, 0) is 34.8 Å². The van der Waals surface area contributed by atoms with Crippen molar-refractivity contribution in [2.45, 2.75) is 63.7 Å². The maximum absolute atomic E-state index is 14.2. The van der Waals surface area contributed by atoms with Crippen molar-refractivity contribution in [1.82, 2.24) is 29.0 Å². The normalized spacial score (nSPS) is 15.7. The van der Waals surface area contributed by atoms with Crippen LogP contribution >= 0.6 is 0 Å². The van der Waals surface area contributed by atoms with Gasteiger partial charge in [0.1, 0.15) is 17.6 Å². The fourth-order valence-corrected chi connectivity index (χ4v) is 8.14. The highest BCUT2D eigenvalue weighted by molar-refractivity contribution is 7.89. The molecule has 1 aromatic heterocycles. The Morgan fingerprint density at radius 1 is 0.940 bits per heavy atom. The number of imidazole rings is 1. The van der Waals surface area contributed by atoms with Crippen molar-refractivity contribution in [3.63, 3.8) is 0 Å². The van der Waals surface area contributed by atoms with Crippen LogP contribution in [0.3, 0.4) is 0 Å². The number of rotatable bonds is 15. The summed E-state index contributed by atoms with van der Waals surface area (Å²) in [7, 11) is -2.13. The minimum atomic E-state index is -4.05. The van der Waals surface area contributed by atoms with Gasteiger partial charge in [-0.1, -0.05) is 70.2 Å². The number of aryl methyl sites for hydroxylation is 1. The zero-order valence-electron chi connectivity index (χ0n) is 29.3. The highest BCUT2D eigenvalue weighted by Gasteiger charge is 2.41. The number of sulfonamides is 1. The van der Waals surface area contributed by atoms with Gasteiger partial charge in [0.15, 0.2) is 0 Å². The predicted octanol–water partition coefficient (Wildman–Crippen LogP) is 3.98. The molecule has 0 saturated carbocycles. The Morgan fingerprint density at radius 2 is 1.60 bits per heavy atom. The Labute approximate surface area is 294 Å². The van der Waals surface area contributed by atoms with Crippen molar-refractivity contribution in [3.8, 4) is 5.75 Å². The number of nitrogens with one attached hydrogen (secondary N) is 1. The van der Waals surface area contributed by atoms with E-state index in [9.17, 15) is 28.2 Å². The van der Waals surface area contributed by atoms with Crippen molar-refractivity contribution in [3.05, 3.63) is 90.3 Å². The lowest BCUT2D eigenvalue weighted by Crippen LogP contribution is -2.57. The first-order valence-electron chi connectivity index (χ1n) is 17.0. The van der Waals surface area contributed by atoms with Crippen LogP contribution in [0.4, 0.5) is 4.79 Å². The summed E-state index contributed by atoms with van der Waals surface area (Å²) < 4.78 is 30.7. The summed E-state index contributed by atoms with van der Waals surface area (Å²) >= 11 is 0. The van der Waals surface area contributed by atoms with Crippen LogP contribution in [0.25, 0.3) is 11.0 Å². The van der Waals surface area contributed by atoms with E-state index in [-0.39, 0.29) is 48.0 Å². The molecule has 0 radical (unpaired) electrons. The first-order valence-corrected chi connectivity index (χ1v) is 18.5. The van der Waals surface area contributed by atoms with Gasteiger partial charge in [-0.3, -0.25) is 4.79 Å². The lowest BCUT2D eigenvalue weighted by Gasteiger charge is -2.34. The minimum Gasteiger partial charge on any atom is -0.508 e. The summed E-state index contributed by atoms with van der Waals surface area (Å²) in [6, 6.07) is 20.4. The van der Waals surface area contributed by atoms with Gasteiger partial charge in [0.05, 0.1) is 34.6 Å². The molecule has 1 fully saturated rings. The SMILES string of the molecule is CC(C)CN(C[C@@H](O)[C@H](Cc1ccccc1)NC(=O)[C@H](C(C)C)N1CCN(Cc2nc3ccccc3n2C)C1=O)S(=O)(=O)c1ccc(O)cc1. The monoisotopic (exact) mass is 704 g/mol. The maximum Gasteiger partial charge on any atom is 0.321 e. The van der Waals surface area contributed by atoms with Gasteiger partial charge in [0.2, 0.25) is 15.9 Å². The molecule has 0 bridgehead atoms. The molecule has 0 aliphatic carbocycles. The number of nitrogens with zero attached hydrogens (tertiary/aromatic N) is 5. The van der Waals surface area contributed by atoms with E-state index in [2.05, 4.69) is 5.32 Å². The number of urea groups is 1. The average Bonchev–Trinajstić information content (AvgIpc) is 3.59. The Kier molecular flexibility index (Phi) is 11.5. The number of phenolic OH excluding ortho intramolecular Hbond substituents is 1. The van der Waals surface area contributed by atoms with Crippen molar-refractivity contribution in [2.24, 2.45) is 18.9 Å². The molecule has 13 heteroatoms. The highest BCUT2D eigenvalue weighted by Crippen LogP contribution is 2.24. The molecule has 3 atom stereocenters. The average molecular weight is 705 g/mol. The highest BCUT2D eigenvalue weighted by atomic mass is 32.2. The van der Waals surface area contributed by atoms with Crippen LogP contribution in [0.2, 0.25) is 0 Å². The van der Waals surface area contributed by atoms with Gasteiger partial charge in [0, 0.05) is 33.2 Å². The second-order valence-corrected chi connectivity index (χ2v) is 15.7. The number of amides is 3. The first kappa shape index (κ1) is 36.8. The number of aliphatic hydroxyl groups excluding tert-OH is 1. The number of phenols is 1. The third-order valence-corrected chi connectivity index (χ3v) is 10.9. The minimum absolute atomic E-state index is 0.0117. The topological polar surface area (TPSA) is 148 Å². The Morgan fingerprint density at radius 3 is 2.24 bits per heavy atom. The summed E-state index contributed by atoms with van der Waals surface area (Å²) in [5.41, 5.74) is 2.66. The van der Waals surface area contributed by atoms with E-state index in [0.717, 1.165) is 22.4 Å². The number of para-hydroxylation sites is 2. The third kappa shape index (κ3) is 8.28. The van der Waals surface area contributed by atoms with E-state index < -0.39 is 34.1 Å². The molecule has 1 saturated heterocycles. The second-order valence-electron chi connectivity index (χ2n) is 13.7. The molecule has 3 N–H and O–H groups in total. The lowest BCUT2D eigenvalue weighted by molar-refractivity contribution is -0.128. The van der Waals surface area contributed by atoms with Crippen LogP contribution in [0.15, 0.2) is 83.8 Å². The third-order valence-electron chi connectivity index (χ3n) is 9.10. The van der Waals surface area contributed by atoms with Gasteiger partial charge < -0.3 is 29.9 Å². The molecule has 3 amide bonds. The summed E-state index contributed by atoms with van der Waals surface area (Å²) in [6.45, 7) is 8.44. The molecule has 12 nitrogen and oxygen atoms in total. The van der Waals surface area contributed by atoms with Crippen LogP contribution in [-0.4, -0.2) is 98.6 Å². The van der Waals surface area contributed by atoms with E-state index in [1.807, 2.05) is 93.9 Å².